The van der Waals surface area contributed by atoms with Gasteiger partial charge in [-0.15, -0.1) is 0 Å². The van der Waals surface area contributed by atoms with Crippen LogP contribution < -0.4 is 0 Å². The number of rotatable bonds is 4. The molecule has 0 N–H and O–H groups in total. The summed E-state index contributed by atoms with van der Waals surface area (Å²) in [7, 11) is 0. The van der Waals surface area contributed by atoms with E-state index in [-0.39, 0.29) is 0 Å². The molecule has 2 aliphatic heterocycles. The first-order valence-electron chi connectivity index (χ1n) is 7.09. The van der Waals surface area contributed by atoms with Gasteiger partial charge in [0.25, 0.3) is 0 Å². The van der Waals surface area contributed by atoms with E-state index in [0.29, 0.717) is 5.41 Å². The van der Waals surface area contributed by atoms with Gasteiger partial charge in [0, 0.05) is 25.8 Å². The Morgan fingerprint density at radius 2 is 2.06 bits per heavy atom. The number of hydrogen-bond acceptors (Lipinski definition) is 3. The molecule has 0 radical (unpaired) electrons. The van der Waals surface area contributed by atoms with Crippen molar-refractivity contribution in [3.05, 3.63) is 0 Å². The summed E-state index contributed by atoms with van der Waals surface area (Å²) < 4.78 is 5.51. The Morgan fingerprint density at radius 1 is 1.35 bits per heavy atom. The fourth-order valence-electron chi connectivity index (χ4n) is 3.40. The third-order valence-corrected chi connectivity index (χ3v) is 5.28. The maximum Gasteiger partial charge on any atom is 0.0472 e. The Bertz CT molecular complexity index is 238. The predicted octanol–water partition coefficient (Wildman–Crippen LogP) is 2.83. The van der Waals surface area contributed by atoms with Gasteiger partial charge in [0.05, 0.1) is 0 Å². The smallest absolute Gasteiger partial charge is 0.0472 e. The molecular formula is C14H27NOS. The summed E-state index contributed by atoms with van der Waals surface area (Å²) in [6.07, 6.45) is 5.15. The summed E-state index contributed by atoms with van der Waals surface area (Å²) in [6.45, 7) is 9.12. The first-order chi connectivity index (χ1) is 8.17. The first kappa shape index (κ1) is 13.7. The molecule has 0 spiro atoms. The van der Waals surface area contributed by atoms with Crippen molar-refractivity contribution in [3.63, 3.8) is 0 Å². The molecule has 17 heavy (non-hydrogen) atoms. The predicted molar refractivity (Wildman–Crippen MR) is 75.8 cm³/mol. The van der Waals surface area contributed by atoms with Crippen LogP contribution in [0.25, 0.3) is 0 Å². The lowest BCUT2D eigenvalue weighted by atomic mass is 9.81. The normalized spacial score (nSPS) is 30.0. The molecule has 0 aromatic heterocycles. The highest BCUT2D eigenvalue weighted by Gasteiger charge is 2.37. The number of nitrogens with zero attached hydrogens (tertiary/aromatic N) is 1. The van der Waals surface area contributed by atoms with Gasteiger partial charge in [-0.2, -0.15) is 12.6 Å². The van der Waals surface area contributed by atoms with Crippen molar-refractivity contribution in [1.82, 2.24) is 4.90 Å². The fraction of sp³-hybridized carbons (Fsp3) is 1.00. The average Bonchev–Trinajstić information content (AvgIpc) is 2.78. The largest absolute Gasteiger partial charge is 0.381 e. The molecule has 0 aromatic carbocycles. The van der Waals surface area contributed by atoms with Gasteiger partial charge in [-0.05, 0) is 49.3 Å². The van der Waals surface area contributed by atoms with Gasteiger partial charge >= 0.3 is 0 Å². The van der Waals surface area contributed by atoms with Gasteiger partial charge in [0.15, 0.2) is 0 Å². The molecule has 1 atom stereocenters. The molecule has 2 heterocycles. The minimum atomic E-state index is 0.416. The second-order valence-corrected chi connectivity index (χ2v) is 6.51. The number of ether oxygens (including phenoxy) is 1. The monoisotopic (exact) mass is 257 g/mol. The molecule has 2 fully saturated rings. The van der Waals surface area contributed by atoms with Crippen LogP contribution in [-0.2, 0) is 4.74 Å². The van der Waals surface area contributed by atoms with Gasteiger partial charge < -0.3 is 4.74 Å². The lowest BCUT2D eigenvalue weighted by molar-refractivity contribution is 0.00271. The molecule has 2 rings (SSSR count). The van der Waals surface area contributed by atoms with Crippen LogP contribution in [0.15, 0.2) is 0 Å². The molecule has 0 aliphatic carbocycles. The summed E-state index contributed by atoms with van der Waals surface area (Å²) in [5.41, 5.74) is 0.416. The van der Waals surface area contributed by atoms with Gasteiger partial charge in [-0.25, -0.2) is 0 Å². The minimum absolute atomic E-state index is 0.416. The zero-order chi connectivity index (χ0) is 12.3. The van der Waals surface area contributed by atoms with E-state index in [2.05, 4.69) is 31.4 Å². The third kappa shape index (κ3) is 3.18. The molecular weight excluding hydrogens is 230 g/mol. The van der Waals surface area contributed by atoms with Crippen LogP contribution in [0, 0.1) is 11.3 Å². The van der Waals surface area contributed by atoms with E-state index < -0.39 is 0 Å². The lowest BCUT2D eigenvalue weighted by Crippen LogP contribution is -2.45. The van der Waals surface area contributed by atoms with Crippen LogP contribution in [0.2, 0.25) is 0 Å². The van der Waals surface area contributed by atoms with E-state index in [4.69, 9.17) is 4.74 Å². The highest BCUT2D eigenvalue weighted by molar-refractivity contribution is 7.80. The zero-order valence-electron chi connectivity index (χ0n) is 11.3. The Morgan fingerprint density at radius 3 is 2.65 bits per heavy atom. The second-order valence-electron chi connectivity index (χ2n) is 6.19. The van der Waals surface area contributed by atoms with Crippen molar-refractivity contribution in [2.75, 3.05) is 32.1 Å². The molecule has 2 nitrogen and oxygen atoms in total. The van der Waals surface area contributed by atoms with Crippen molar-refractivity contribution < 1.29 is 4.74 Å². The summed E-state index contributed by atoms with van der Waals surface area (Å²) in [5, 5.41) is 0. The van der Waals surface area contributed by atoms with Crippen molar-refractivity contribution in [2.45, 2.75) is 45.6 Å². The Labute approximate surface area is 112 Å². The van der Waals surface area contributed by atoms with Crippen LogP contribution in [0.3, 0.4) is 0 Å². The van der Waals surface area contributed by atoms with E-state index in [9.17, 15) is 0 Å². The van der Waals surface area contributed by atoms with E-state index in [1.807, 2.05) is 0 Å². The molecule has 3 heteroatoms. The van der Waals surface area contributed by atoms with Gasteiger partial charge in [-0.3, -0.25) is 4.90 Å². The van der Waals surface area contributed by atoms with Gasteiger partial charge in [-0.1, -0.05) is 13.8 Å². The fourth-order valence-corrected chi connectivity index (χ4v) is 3.82. The van der Waals surface area contributed by atoms with Crippen LogP contribution in [0.1, 0.15) is 39.5 Å². The van der Waals surface area contributed by atoms with E-state index >= 15 is 0 Å². The standard InChI is InChI=1S/C14H27NOS/c1-12(2)13-4-3-7-15(13)10-14(11-17)5-8-16-9-6-14/h12-13,17H,3-11H2,1-2H3. The maximum atomic E-state index is 5.51. The summed E-state index contributed by atoms with van der Waals surface area (Å²) in [4.78, 5) is 2.73. The maximum absolute atomic E-state index is 5.51. The van der Waals surface area contributed by atoms with Gasteiger partial charge in [0.1, 0.15) is 0 Å². The summed E-state index contributed by atoms with van der Waals surface area (Å²) in [6, 6.07) is 0.801. The lowest BCUT2D eigenvalue weighted by Gasteiger charge is -2.41. The molecule has 100 valence electrons. The van der Waals surface area contributed by atoms with Crippen molar-refractivity contribution >= 4 is 12.6 Å². The molecule has 0 aromatic rings. The molecule has 2 aliphatic rings. The highest BCUT2D eigenvalue weighted by Crippen LogP contribution is 2.36. The van der Waals surface area contributed by atoms with E-state index in [1.54, 1.807) is 0 Å². The third-order valence-electron chi connectivity index (χ3n) is 4.61. The highest BCUT2D eigenvalue weighted by atomic mass is 32.1. The number of hydrogen-bond donors (Lipinski definition) is 1. The van der Waals surface area contributed by atoms with Crippen LogP contribution in [0.4, 0.5) is 0 Å². The van der Waals surface area contributed by atoms with Crippen molar-refractivity contribution in [2.24, 2.45) is 11.3 Å². The number of likely N-dealkylation sites (tertiary alicyclic amines) is 1. The number of thiol groups is 1. The molecule has 1 unspecified atom stereocenters. The molecule has 0 bridgehead atoms. The Kier molecular flexibility index (Phi) is 4.79. The SMILES string of the molecule is CC(C)C1CCCN1CC1(CS)CCOCC1. The van der Waals surface area contributed by atoms with Gasteiger partial charge in [0.2, 0.25) is 0 Å². The molecule has 0 amide bonds. The van der Waals surface area contributed by atoms with Crippen molar-refractivity contribution in [3.8, 4) is 0 Å². The Hall–Kier alpha value is 0.270. The topological polar surface area (TPSA) is 12.5 Å². The minimum Gasteiger partial charge on any atom is -0.381 e. The Balaban J connectivity index is 1.97. The first-order valence-corrected chi connectivity index (χ1v) is 7.73. The molecule has 2 saturated heterocycles. The quantitative estimate of drug-likeness (QED) is 0.778. The van der Waals surface area contributed by atoms with E-state index in [1.165, 1.54) is 38.8 Å². The second kappa shape index (κ2) is 5.94. The summed E-state index contributed by atoms with van der Waals surface area (Å²) in [5.74, 6) is 1.80. The zero-order valence-corrected chi connectivity index (χ0v) is 12.2. The van der Waals surface area contributed by atoms with Crippen molar-refractivity contribution in [1.29, 1.82) is 0 Å². The van der Waals surface area contributed by atoms with Crippen LogP contribution >= 0.6 is 12.6 Å². The molecule has 0 saturated carbocycles. The van der Waals surface area contributed by atoms with Crippen LogP contribution in [0.5, 0.6) is 0 Å². The summed E-state index contributed by atoms with van der Waals surface area (Å²) >= 11 is 4.62. The average molecular weight is 257 g/mol. The van der Waals surface area contributed by atoms with E-state index in [0.717, 1.165) is 30.9 Å². The van der Waals surface area contributed by atoms with Crippen LogP contribution in [-0.4, -0.2) is 43.0 Å².